The Hall–Kier alpha value is -3.44. The van der Waals surface area contributed by atoms with E-state index in [1.54, 1.807) is 18.3 Å². The fourth-order valence-corrected chi connectivity index (χ4v) is 3.82. The first-order valence-electron chi connectivity index (χ1n) is 10.2. The highest BCUT2D eigenvalue weighted by molar-refractivity contribution is 6.33. The van der Waals surface area contributed by atoms with Gasteiger partial charge in [-0.15, -0.1) is 0 Å². The summed E-state index contributed by atoms with van der Waals surface area (Å²) in [6, 6.07) is 4.00. The molecule has 1 fully saturated rings. The molecule has 0 amide bonds. The van der Waals surface area contributed by atoms with Crippen LogP contribution in [0.4, 0.5) is 15.9 Å². The largest absolute Gasteiger partial charge is 0.351 e. The van der Waals surface area contributed by atoms with E-state index in [-0.39, 0.29) is 17.0 Å². The molecule has 1 atom stereocenters. The first-order valence-corrected chi connectivity index (χ1v) is 10.6. The third kappa shape index (κ3) is 5.06. The van der Waals surface area contributed by atoms with Crippen molar-refractivity contribution in [1.82, 2.24) is 20.2 Å². The van der Waals surface area contributed by atoms with E-state index in [4.69, 9.17) is 11.6 Å². The van der Waals surface area contributed by atoms with Gasteiger partial charge in [-0.2, -0.15) is 5.26 Å². The molecule has 166 valence electrons. The Labute approximate surface area is 192 Å². The van der Waals surface area contributed by atoms with Crippen molar-refractivity contribution in [2.24, 2.45) is 10.9 Å². The summed E-state index contributed by atoms with van der Waals surface area (Å²) in [4.78, 5) is 17.8. The van der Waals surface area contributed by atoms with Crippen molar-refractivity contribution < 1.29 is 4.39 Å². The molecule has 1 aliphatic heterocycles. The van der Waals surface area contributed by atoms with Crippen LogP contribution in [0.25, 0.3) is 12.2 Å². The number of hydrogen-bond acceptors (Lipinski definition) is 5. The molecule has 1 unspecified atom stereocenters. The highest BCUT2D eigenvalue weighted by Crippen LogP contribution is 2.27. The zero-order valence-corrected chi connectivity index (χ0v) is 18.8. The van der Waals surface area contributed by atoms with E-state index < -0.39 is 5.82 Å². The summed E-state index contributed by atoms with van der Waals surface area (Å²) >= 11 is 6.15. The maximum absolute atomic E-state index is 13.4. The minimum Gasteiger partial charge on any atom is -0.351 e. The lowest BCUT2D eigenvalue weighted by atomic mass is 10.00. The van der Waals surface area contributed by atoms with Gasteiger partial charge >= 0.3 is 0 Å². The molecular weight excluding hydrogens is 429 g/mol. The number of piperazine rings is 1. The lowest BCUT2D eigenvalue weighted by Gasteiger charge is -2.44. The molecule has 0 radical (unpaired) electrons. The monoisotopic (exact) mass is 453 g/mol. The fourth-order valence-electron chi connectivity index (χ4n) is 3.61. The molecule has 1 aliphatic rings. The average molecular weight is 454 g/mol. The number of halogens is 2. The SMILES string of the molecule is C=Cc1ncc(N2CCN(C(=Nc3ccc(F)cc3Cl)NC#N)C(C(C)C)C2)nc1C=C. The Morgan fingerprint density at radius 2 is 2.09 bits per heavy atom. The molecule has 1 saturated heterocycles. The number of hydrogen-bond donors (Lipinski definition) is 1. The normalized spacial score (nSPS) is 16.6. The van der Waals surface area contributed by atoms with Gasteiger partial charge in [0.2, 0.25) is 5.96 Å². The number of nitrogens with zero attached hydrogens (tertiary/aromatic N) is 6. The average Bonchev–Trinajstić information content (AvgIpc) is 2.79. The van der Waals surface area contributed by atoms with E-state index in [0.29, 0.717) is 42.7 Å². The molecule has 0 aliphatic carbocycles. The van der Waals surface area contributed by atoms with Gasteiger partial charge < -0.3 is 9.80 Å². The van der Waals surface area contributed by atoms with Crippen LogP contribution in [0.5, 0.6) is 0 Å². The minimum atomic E-state index is -0.445. The lowest BCUT2D eigenvalue weighted by Crippen LogP contribution is -2.59. The van der Waals surface area contributed by atoms with E-state index in [2.05, 4.69) is 52.2 Å². The molecule has 7 nitrogen and oxygen atoms in total. The summed E-state index contributed by atoms with van der Waals surface area (Å²) in [5.41, 5.74) is 1.75. The van der Waals surface area contributed by atoms with Crippen molar-refractivity contribution in [3.05, 3.63) is 59.8 Å². The van der Waals surface area contributed by atoms with E-state index in [9.17, 15) is 9.65 Å². The van der Waals surface area contributed by atoms with Crippen molar-refractivity contribution in [3.8, 4) is 6.19 Å². The predicted molar refractivity (Wildman–Crippen MR) is 127 cm³/mol. The summed E-state index contributed by atoms with van der Waals surface area (Å²) in [5.74, 6) is 0.926. The van der Waals surface area contributed by atoms with E-state index in [0.717, 1.165) is 5.82 Å². The van der Waals surface area contributed by atoms with Gasteiger partial charge in [0.05, 0.1) is 34.3 Å². The molecule has 1 aromatic heterocycles. The number of guanidine groups is 1. The Kier molecular flexibility index (Phi) is 7.44. The van der Waals surface area contributed by atoms with Crippen LogP contribution in [0.3, 0.4) is 0 Å². The van der Waals surface area contributed by atoms with Crippen molar-refractivity contribution in [1.29, 1.82) is 5.26 Å². The van der Waals surface area contributed by atoms with E-state index >= 15 is 0 Å². The van der Waals surface area contributed by atoms with Crippen LogP contribution < -0.4 is 10.2 Å². The molecule has 1 N–H and O–H groups in total. The van der Waals surface area contributed by atoms with Gasteiger partial charge in [0, 0.05) is 19.6 Å². The number of benzene rings is 1. The Bertz CT molecular complexity index is 1080. The molecule has 1 aromatic carbocycles. The maximum Gasteiger partial charge on any atom is 0.213 e. The number of nitrogens with one attached hydrogen (secondary N) is 1. The molecule has 3 rings (SSSR count). The van der Waals surface area contributed by atoms with Gasteiger partial charge in [-0.3, -0.25) is 10.3 Å². The molecule has 9 heteroatoms. The molecular formula is C23H25ClFN7. The predicted octanol–water partition coefficient (Wildman–Crippen LogP) is 4.46. The second-order valence-electron chi connectivity index (χ2n) is 7.63. The van der Waals surface area contributed by atoms with Crippen LogP contribution in [-0.2, 0) is 0 Å². The van der Waals surface area contributed by atoms with Crippen molar-refractivity contribution >= 4 is 41.2 Å². The molecule has 2 aromatic rings. The van der Waals surface area contributed by atoms with Crippen LogP contribution in [0.2, 0.25) is 5.02 Å². The lowest BCUT2D eigenvalue weighted by molar-refractivity contribution is 0.220. The number of nitriles is 1. The second kappa shape index (κ2) is 10.2. The number of aliphatic imine (C=N–C) groups is 1. The van der Waals surface area contributed by atoms with Crippen LogP contribution >= 0.6 is 11.6 Å². The van der Waals surface area contributed by atoms with Crippen LogP contribution in [0.1, 0.15) is 25.2 Å². The summed E-state index contributed by atoms with van der Waals surface area (Å²) in [6.45, 7) is 13.7. The van der Waals surface area contributed by atoms with E-state index in [1.807, 2.05) is 11.1 Å². The van der Waals surface area contributed by atoms with E-state index in [1.165, 1.54) is 18.2 Å². The van der Waals surface area contributed by atoms with Gasteiger partial charge in [-0.1, -0.05) is 38.6 Å². The molecule has 0 saturated carbocycles. The van der Waals surface area contributed by atoms with Crippen molar-refractivity contribution in [2.75, 3.05) is 24.5 Å². The first-order chi connectivity index (χ1) is 15.4. The molecule has 0 bridgehead atoms. The maximum atomic E-state index is 13.4. The summed E-state index contributed by atoms with van der Waals surface area (Å²) in [6.07, 6.45) is 7.00. The zero-order valence-electron chi connectivity index (χ0n) is 18.1. The summed E-state index contributed by atoms with van der Waals surface area (Å²) in [7, 11) is 0. The van der Waals surface area contributed by atoms with Crippen LogP contribution in [0, 0.1) is 23.2 Å². The topological polar surface area (TPSA) is 80.4 Å². The Morgan fingerprint density at radius 3 is 2.72 bits per heavy atom. The smallest absolute Gasteiger partial charge is 0.213 e. The first kappa shape index (κ1) is 23.2. The van der Waals surface area contributed by atoms with Gasteiger partial charge in [-0.05, 0) is 36.3 Å². The van der Waals surface area contributed by atoms with Gasteiger partial charge in [0.25, 0.3) is 0 Å². The van der Waals surface area contributed by atoms with Crippen LogP contribution in [0.15, 0.2) is 42.5 Å². The highest BCUT2D eigenvalue weighted by Gasteiger charge is 2.32. The third-order valence-corrected chi connectivity index (χ3v) is 5.59. The summed E-state index contributed by atoms with van der Waals surface area (Å²) in [5, 5.41) is 12.2. The number of aromatic nitrogens is 2. The van der Waals surface area contributed by atoms with Gasteiger partial charge in [-0.25, -0.2) is 14.4 Å². The second-order valence-corrected chi connectivity index (χ2v) is 8.03. The Morgan fingerprint density at radius 1 is 1.34 bits per heavy atom. The molecule has 2 heterocycles. The minimum absolute atomic E-state index is 0.0237. The van der Waals surface area contributed by atoms with Crippen LogP contribution in [-0.4, -0.2) is 46.5 Å². The number of rotatable bonds is 5. The quantitative estimate of drug-likeness (QED) is 0.311. The zero-order chi connectivity index (χ0) is 23.3. The highest BCUT2D eigenvalue weighted by atomic mass is 35.5. The van der Waals surface area contributed by atoms with Gasteiger partial charge in [0.1, 0.15) is 11.6 Å². The Balaban J connectivity index is 1.91. The van der Waals surface area contributed by atoms with Gasteiger partial charge in [0.15, 0.2) is 6.19 Å². The summed E-state index contributed by atoms with van der Waals surface area (Å²) < 4.78 is 13.4. The molecule has 0 spiro atoms. The fraction of sp³-hybridized carbons (Fsp3) is 0.304. The third-order valence-electron chi connectivity index (χ3n) is 5.29. The number of anilines is 1. The van der Waals surface area contributed by atoms with Crippen molar-refractivity contribution in [2.45, 2.75) is 19.9 Å². The standard InChI is InChI=1S/C23H25ClFN7/c1-5-18-19(6-2)29-22(12-27-18)31-9-10-32(21(13-31)15(3)4)23(28-14-26)30-20-8-7-16(25)11-17(20)24/h5-8,11-12,15,21H,1-2,9-10,13H2,3-4H3,(H,28,30). The molecule has 32 heavy (non-hydrogen) atoms. The van der Waals surface area contributed by atoms with Crippen molar-refractivity contribution in [3.63, 3.8) is 0 Å².